The summed E-state index contributed by atoms with van der Waals surface area (Å²) in [6.45, 7) is 2.13. The summed E-state index contributed by atoms with van der Waals surface area (Å²) in [7, 11) is 0. The standard InChI is InChI=1S/C23H20FN3O4S/c1-13-9-10-17-19(11-13)32-23(26-21(28)16-7-2-3-8-18(16)24)20(17)22(29)25-14-5-4-6-15(12-14)27(30)31/h2-8,12-13H,9-11H2,1H3,(H,25,29)(H,26,28)/t13-/m0/s1. The van der Waals surface area contributed by atoms with Crippen LogP contribution in [0.1, 0.15) is 44.5 Å². The van der Waals surface area contributed by atoms with Crippen molar-refractivity contribution in [3.63, 3.8) is 0 Å². The Morgan fingerprint density at radius 1 is 1.12 bits per heavy atom. The first-order valence-corrected chi connectivity index (χ1v) is 10.9. The lowest BCUT2D eigenvalue weighted by atomic mass is 9.88. The van der Waals surface area contributed by atoms with E-state index in [9.17, 15) is 24.1 Å². The molecule has 4 rings (SSSR count). The smallest absolute Gasteiger partial charge is 0.271 e. The van der Waals surface area contributed by atoms with Gasteiger partial charge in [0.1, 0.15) is 10.8 Å². The van der Waals surface area contributed by atoms with Gasteiger partial charge in [0.15, 0.2) is 0 Å². The van der Waals surface area contributed by atoms with Crippen molar-refractivity contribution in [1.29, 1.82) is 0 Å². The third kappa shape index (κ3) is 4.38. The lowest BCUT2D eigenvalue weighted by molar-refractivity contribution is -0.384. The molecule has 32 heavy (non-hydrogen) atoms. The Balaban J connectivity index is 1.68. The number of hydrogen-bond acceptors (Lipinski definition) is 5. The zero-order chi connectivity index (χ0) is 22.8. The number of anilines is 2. The summed E-state index contributed by atoms with van der Waals surface area (Å²) in [6.07, 6.45) is 2.37. The van der Waals surface area contributed by atoms with E-state index in [1.165, 1.54) is 47.7 Å². The molecule has 1 atom stereocenters. The Morgan fingerprint density at radius 3 is 2.66 bits per heavy atom. The molecule has 1 heterocycles. The maximum absolute atomic E-state index is 14.1. The molecule has 3 aromatic rings. The van der Waals surface area contributed by atoms with E-state index in [1.54, 1.807) is 12.1 Å². The second kappa shape index (κ2) is 8.88. The molecule has 1 aliphatic carbocycles. The maximum Gasteiger partial charge on any atom is 0.271 e. The number of halogens is 1. The normalized spacial score (nSPS) is 15.0. The monoisotopic (exact) mass is 453 g/mol. The third-order valence-corrected chi connectivity index (χ3v) is 6.57. The molecule has 2 amide bonds. The van der Waals surface area contributed by atoms with Crippen molar-refractivity contribution in [3.8, 4) is 0 Å². The summed E-state index contributed by atoms with van der Waals surface area (Å²) in [6, 6.07) is 11.3. The molecule has 1 aliphatic rings. The van der Waals surface area contributed by atoms with E-state index >= 15 is 0 Å². The number of carbonyl (C=O) groups excluding carboxylic acids is 2. The molecule has 0 unspecified atom stereocenters. The highest BCUT2D eigenvalue weighted by Crippen LogP contribution is 2.40. The Bertz CT molecular complexity index is 1220. The Kier molecular flexibility index (Phi) is 6.00. The van der Waals surface area contributed by atoms with Crippen LogP contribution in [0.2, 0.25) is 0 Å². The largest absolute Gasteiger partial charge is 0.322 e. The minimum absolute atomic E-state index is 0.114. The highest BCUT2D eigenvalue weighted by Gasteiger charge is 2.29. The zero-order valence-electron chi connectivity index (χ0n) is 17.2. The number of fused-ring (bicyclic) bond motifs is 1. The van der Waals surface area contributed by atoms with Crippen LogP contribution in [0.5, 0.6) is 0 Å². The summed E-state index contributed by atoms with van der Waals surface area (Å²) < 4.78 is 14.1. The molecule has 164 valence electrons. The molecule has 0 saturated carbocycles. The number of carbonyl (C=O) groups is 2. The van der Waals surface area contributed by atoms with Crippen LogP contribution in [0.25, 0.3) is 0 Å². The topological polar surface area (TPSA) is 101 Å². The van der Waals surface area contributed by atoms with Crippen LogP contribution in [-0.2, 0) is 12.8 Å². The van der Waals surface area contributed by atoms with E-state index < -0.39 is 22.6 Å². The van der Waals surface area contributed by atoms with Crippen molar-refractivity contribution in [1.82, 2.24) is 0 Å². The van der Waals surface area contributed by atoms with Gasteiger partial charge in [-0.25, -0.2) is 4.39 Å². The fourth-order valence-corrected chi connectivity index (χ4v) is 5.19. The number of nitro benzene ring substituents is 1. The Hall–Kier alpha value is -3.59. The van der Waals surface area contributed by atoms with E-state index in [0.29, 0.717) is 22.9 Å². The van der Waals surface area contributed by atoms with Crippen molar-refractivity contribution >= 4 is 39.5 Å². The van der Waals surface area contributed by atoms with Gasteiger partial charge in [0.25, 0.3) is 17.5 Å². The van der Waals surface area contributed by atoms with Gasteiger partial charge in [-0.3, -0.25) is 19.7 Å². The molecule has 0 bridgehead atoms. The first-order valence-electron chi connectivity index (χ1n) is 10.1. The van der Waals surface area contributed by atoms with Crippen LogP contribution >= 0.6 is 11.3 Å². The predicted octanol–water partition coefficient (Wildman–Crippen LogP) is 5.42. The molecule has 0 radical (unpaired) electrons. The molecule has 2 N–H and O–H groups in total. The van der Waals surface area contributed by atoms with Crippen molar-refractivity contribution in [3.05, 3.63) is 86.0 Å². The van der Waals surface area contributed by atoms with Crippen LogP contribution in [0, 0.1) is 21.8 Å². The number of rotatable bonds is 5. The summed E-state index contributed by atoms with van der Waals surface area (Å²) in [5, 5.41) is 16.8. The van der Waals surface area contributed by atoms with Gasteiger partial charge >= 0.3 is 0 Å². The van der Waals surface area contributed by atoms with Crippen molar-refractivity contribution < 1.29 is 18.9 Å². The lowest BCUT2D eigenvalue weighted by Crippen LogP contribution is -2.20. The number of amides is 2. The van der Waals surface area contributed by atoms with Gasteiger partial charge in [0.2, 0.25) is 0 Å². The number of nitrogens with one attached hydrogen (secondary N) is 2. The minimum Gasteiger partial charge on any atom is -0.322 e. The molecule has 2 aromatic carbocycles. The maximum atomic E-state index is 14.1. The van der Waals surface area contributed by atoms with Crippen LogP contribution in [-0.4, -0.2) is 16.7 Å². The molecule has 9 heteroatoms. The van der Waals surface area contributed by atoms with E-state index in [1.807, 2.05) is 0 Å². The molecule has 7 nitrogen and oxygen atoms in total. The second-order valence-corrected chi connectivity index (χ2v) is 8.86. The molecular weight excluding hydrogens is 433 g/mol. The van der Waals surface area contributed by atoms with Gasteiger partial charge in [-0.2, -0.15) is 0 Å². The quantitative estimate of drug-likeness (QED) is 0.398. The lowest BCUT2D eigenvalue weighted by Gasteiger charge is -2.18. The number of nitrogens with zero attached hydrogens (tertiary/aromatic N) is 1. The van der Waals surface area contributed by atoms with Gasteiger partial charge in [-0.15, -0.1) is 11.3 Å². The van der Waals surface area contributed by atoms with Gasteiger partial charge in [0, 0.05) is 22.7 Å². The summed E-state index contributed by atoms with van der Waals surface area (Å²) >= 11 is 1.32. The number of hydrogen-bond donors (Lipinski definition) is 2. The summed E-state index contributed by atoms with van der Waals surface area (Å²) in [4.78, 5) is 37.4. The Morgan fingerprint density at radius 2 is 1.91 bits per heavy atom. The molecule has 0 aliphatic heterocycles. The summed E-state index contributed by atoms with van der Waals surface area (Å²) in [5.41, 5.74) is 1.21. The molecule has 1 aromatic heterocycles. The van der Waals surface area contributed by atoms with E-state index in [4.69, 9.17) is 0 Å². The highest BCUT2D eigenvalue weighted by molar-refractivity contribution is 7.17. The van der Waals surface area contributed by atoms with Crippen LogP contribution < -0.4 is 10.6 Å². The summed E-state index contributed by atoms with van der Waals surface area (Å²) in [5.74, 6) is -1.31. The first-order chi connectivity index (χ1) is 15.3. The van der Waals surface area contributed by atoms with Gasteiger partial charge in [-0.05, 0) is 48.9 Å². The van der Waals surface area contributed by atoms with Gasteiger partial charge < -0.3 is 10.6 Å². The fraction of sp³-hybridized carbons (Fsp3) is 0.217. The molecular formula is C23H20FN3O4S. The van der Waals surface area contributed by atoms with Gasteiger partial charge in [0.05, 0.1) is 16.1 Å². The van der Waals surface area contributed by atoms with E-state index in [-0.39, 0.29) is 16.9 Å². The van der Waals surface area contributed by atoms with Crippen molar-refractivity contribution in [2.75, 3.05) is 10.6 Å². The Labute approximate surface area is 187 Å². The fourth-order valence-electron chi connectivity index (χ4n) is 3.79. The number of non-ortho nitro benzene ring substituents is 1. The van der Waals surface area contributed by atoms with Crippen molar-refractivity contribution in [2.24, 2.45) is 5.92 Å². The zero-order valence-corrected chi connectivity index (χ0v) is 18.0. The highest BCUT2D eigenvalue weighted by atomic mass is 32.1. The van der Waals surface area contributed by atoms with Crippen molar-refractivity contribution in [2.45, 2.75) is 26.2 Å². The first kappa shape index (κ1) is 21.6. The molecule has 0 fully saturated rings. The number of thiophene rings is 1. The second-order valence-electron chi connectivity index (χ2n) is 7.75. The van der Waals surface area contributed by atoms with Crippen LogP contribution in [0.15, 0.2) is 48.5 Å². The molecule has 0 spiro atoms. The van der Waals surface area contributed by atoms with E-state index in [0.717, 1.165) is 23.3 Å². The third-order valence-electron chi connectivity index (χ3n) is 5.40. The van der Waals surface area contributed by atoms with E-state index in [2.05, 4.69) is 17.6 Å². The molecule has 0 saturated heterocycles. The average Bonchev–Trinajstić information content (AvgIpc) is 3.10. The minimum atomic E-state index is -0.650. The van der Waals surface area contributed by atoms with Gasteiger partial charge in [-0.1, -0.05) is 25.1 Å². The van der Waals surface area contributed by atoms with Crippen LogP contribution in [0.3, 0.4) is 0 Å². The average molecular weight is 453 g/mol. The number of benzene rings is 2. The predicted molar refractivity (Wildman–Crippen MR) is 121 cm³/mol. The SMILES string of the molecule is C[C@H]1CCc2c(sc(NC(=O)c3ccccc3F)c2C(=O)Nc2cccc([N+](=O)[O-])c2)C1. The van der Waals surface area contributed by atoms with Crippen LogP contribution in [0.4, 0.5) is 20.8 Å². The number of nitro groups is 1.